The van der Waals surface area contributed by atoms with Gasteiger partial charge in [0.05, 0.1) is 7.11 Å². The standard InChI is InChI=1S/C14H23NOS/c1-5-11(2)12(15-3)10-17-14-9-7-6-8-13(14)16-4/h6-9,11-12,15H,5,10H2,1-4H3. The Morgan fingerprint density at radius 1 is 1.35 bits per heavy atom. The summed E-state index contributed by atoms with van der Waals surface area (Å²) in [5.74, 6) is 2.74. The Morgan fingerprint density at radius 2 is 2.06 bits per heavy atom. The van der Waals surface area contributed by atoms with Crippen LogP contribution in [0.15, 0.2) is 29.2 Å². The first kappa shape index (κ1) is 14.4. The average molecular weight is 253 g/mol. The van der Waals surface area contributed by atoms with Gasteiger partial charge in [0.1, 0.15) is 5.75 Å². The highest BCUT2D eigenvalue weighted by molar-refractivity contribution is 7.99. The van der Waals surface area contributed by atoms with Crippen LogP contribution < -0.4 is 10.1 Å². The molecule has 3 heteroatoms. The van der Waals surface area contributed by atoms with Crippen LogP contribution in [0.1, 0.15) is 20.3 Å². The van der Waals surface area contributed by atoms with Gasteiger partial charge in [-0.25, -0.2) is 0 Å². The number of benzene rings is 1. The van der Waals surface area contributed by atoms with Gasteiger partial charge in [-0.15, -0.1) is 11.8 Å². The van der Waals surface area contributed by atoms with Crippen molar-refractivity contribution in [3.8, 4) is 5.75 Å². The zero-order chi connectivity index (χ0) is 12.7. The molecular weight excluding hydrogens is 230 g/mol. The third kappa shape index (κ3) is 4.25. The number of para-hydroxylation sites is 1. The molecule has 1 N–H and O–H groups in total. The zero-order valence-electron chi connectivity index (χ0n) is 11.2. The largest absolute Gasteiger partial charge is 0.496 e. The Morgan fingerprint density at radius 3 is 2.65 bits per heavy atom. The van der Waals surface area contributed by atoms with Crippen molar-refractivity contribution >= 4 is 11.8 Å². The van der Waals surface area contributed by atoms with Gasteiger partial charge in [0, 0.05) is 16.7 Å². The quantitative estimate of drug-likeness (QED) is 0.752. The molecule has 0 heterocycles. The molecule has 2 nitrogen and oxygen atoms in total. The molecule has 0 aliphatic heterocycles. The molecule has 2 unspecified atom stereocenters. The molecule has 0 amide bonds. The fourth-order valence-electron chi connectivity index (χ4n) is 1.73. The predicted octanol–water partition coefficient (Wildman–Crippen LogP) is 3.42. The van der Waals surface area contributed by atoms with Gasteiger partial charge in [-0.05, 0) is 25.1 Å². The number of thioether (sulfide) groups is 1. The summed E-state index contributed by atoms with van der Waals surface area (Å²) in [4.78, 5) is 1.22. The molecule has 0 aromatic heterocycles. The molecule has 2 atom stereocenters. The van der Waals surface area contributed by atoms with E-state index in [1.165, 1.54) is 11.3 Å². The van der Waals surface area contributed by atoms with Gasteiger partial charge in [0.15, 0.2) is 0 Å². The minimum atomic E-state index is 0.551. The topological polar surface area (TPSA) is 21.3 Å². The van der Waals surface area contributed by atoms with E-state index in [4.69, 9.17) is 4.74 Å². The smallest absolute Gasteiger partial charge is 0.132 e. The van der Waals surface area contributed by atoms with Gasteiger partial charge >= 0.3 is 0 Å². The maximum Gasteiger partial charge on any atom is 0.132 e. The lowest BCUT2D eigenvalue weighted by atomic mass is 10.0. The van der Waals surface area contributed by atoms with Gasteiger partial charge in [-0.2, -0.15) is 0 Å². The van der Waals surface area contributed by atoms with E-state index in [2.05, 4.69) is 31.3 Å². The van der Waals surface area contributed by atoms with Crippen molar-refractivity contribution in [1.82, 2.24) is 5.32 Å². The summed E-state index contributed by atoms with van der Waals surface area (Å²) in [5, 5.41) is 3.40. The van der Waals surface area contributed by atoms with Crippen molar-refractivity contribution in [2.75, 3.05) is 19.9 Å². The highest BCUT2D eigenvalue weighted by Crippen LogP contribution is 2.30. The second-order valence-electron chi connectivity index (χ2n) is 4.24. The highest BCUT2D eigenvalue weighted by Gasteiger charge is 2.14. The maximum absolute atomic E-state index is 5.36. The van der Waals surface area contributed by atoms with E-state index in [0.29, 0.717) is 12.0 Å². The number of hydrogen-bond donors (Lipinski definition) is 1. The lowest BCUT2D eigenvalue weighted by molar-refractivity contribution is 0.404. The molecule has 0 radical (unpaired) electrons. The molecule has 0 fully saturated rings. The van der Waals surface area contributed by atoms with E-state index in [9.17, 15) is 0 Å². The lowest BCUT2D eigenvalue weighted by Crippen LogP contribution is -2.34. The number of hydrogen-bond acceptors (Lipinski definition) is 3. The van der Waals surface area contributed by atoms with Crippen LogP contribution in [-0.4, -0.2) is 26.0 Å². The van der Waals surface area contributed by atoms with E-state index in [0.717, 1.165) is 11.5 Å². The summed E-state index contributed by atoms with van der Waals surface area (Å²) >= 11 is 1.86. The first-order valence-electron chi connectivity index (χ1n) is 6.16. The minimum absolute atomic E-state index is 0.551. The molecule has 0 saturated carbocycles. The summed E-state index contributed by atoms with van der Waals surface area (Å²) in [6.07, 6.45) is 1.21. The van der Waals surface area contributed by atoms with Gasteiger partial charge in [0.2, 0.25) is 0 Å². The second-order valence-corrected chi connectivity index (χ2v) is 5.30. The number of ether oxygens (including phenoxy) is 1. The van der Waals surface area contributed by atoms with Crippen LogP contribution >= 0.6 is 11.8 Å². The van der Waals surface area contributed by atoms with Gasteiger partial charge < -0.3 is 10.1 Å². The molecular formula is C14H23NOS. The Hall–Kier alpha value is -0.670. The van der Waals surface area contributed by atoms with E-state index in [1.54, 1.807) is 7.11 Å². The molecule has 96 valence electrons. The van der Waals surface area contributed by atoms with Crippen molar-refractivity contribution in [1.29, 1.82) is 0 Å². The first-order chi connectivity index (χ1) is 8.22. The summed E-state index contributed by atoms with van der Waals surface area (Å²) in [7, 11) is 3.77. The average Bonchev–Trinajstić information content (AvgIpc) is 2.39. The van der Waals surface area contributed by atoms with Crippen LogP contribution in [0.25, 0.3) is 0 Å². The fourth-order valence-corrected chi connectivity index (χ4v) is 3.06. The first-order valence-corrected chi connectivity index (χ1v) is 7.14. The molecule has 1 aromatic rings. The molecule has 0 bridgehead atoms. The monoisotopic (exact) mass is 253 g/mol. The lowest BCUT2D eigenvalue weighted by Gasteiger charge is -2.22. The Kier molecular flexibility index (Phi) is 6.45. The number of rotatable bonds is 7. The van der Waals surface area contributed by atoms with Crippen molar-refractivity contribution in [2.45, 2.75) is 31.2 Å². The van der Waals surface area contributed by atoms with Crippen LogP contribution in [0.4, 0.5) is 0 Å². The Balaban J connectivity index is 2.59. The van der Waals surface area contributed by atoms with Crippen LogP contribution in [0.3, 0.4) is 0 Å². The second kappa shape index (κ2) is 7.62. The van der Waals surface area contributed by atoms with Crippen LogP contribution in [-0.2, 0) is 0 Å². The van der Waals surface area contributed by atoms with Crippen molar-refractivity contribution < 1.29 is 4.74 Å². The molecule has 1 aromatic carbocycles. The van der Waals surface area contributed by atoms with Crippen LogP contribution in [0, 0.1) is 5.92 Å². The third-order valence-electron chi connectivity index (χ3n) is 3.19. The third-order valence-corrected chi connectivity index (χ3v) is 4.36. The van der Waals surface area contributed by atoms with E-state index in [-0.39, 0.29) is 0 Å². The van der Waals surface area contributed by atoms with E-state index < -0.39 is 0 Å². The molecule has 0 aliphatic carbocycles. The van der Waals surface area contributed by atoms with Crippen molar-refractivity contribution in [3.63, 3.8) is 0 Å². The normalized spacial score (nSPS) is 14.4. The Bertz CT molecular complexity index is 330. The van der Waals surface area contributed by atoms with E-state index in [1.807, 2.05) is 30.9 Å². The van der Waals surface area contributed by atoms with Gasteiger partial charge in [0.25, 0.3) is 0 Å². The van der Waals surface area contributed by atoms with E-state index >= 15 is 0 Å². The fraction of sp³-hybridized carbons (Fsp3) is 0.571. The molecule has 0 aliphatic rings. The van der Waals surface area contributed by atoms with Crippen LogP contribution in [0.2, 0.25) is 0 Å². The summed E-state index contributed by atoms with van der Waals surface area (Å²) in [5.41, 5.74) is 0. The predicted molar refractivity (Wildman–Crippen MR) is 76.0 cm³/mol. The molecule has 17 heavy (non-hydrogen) atoms. The van der Waals surface area contributed by atoms with Gasteiger partial charge in [-0.3, -0.25) is 0 Å². The summed E-state index contributed by atoms with van der Waals surface area (Å²) in [6, 6.07) is 8.75. The molecule has 0 saturated heterocycles. The van der Waals surface area contributed by atoms with Crippen LogP contribution in [0.5, 0.6) is 5.75 Å². The zero-order valence-corrected chi connectivity index (χ0v) is 12.0. The number of nitrogens with one attached hydrogen (secondary N) is 1. The highest BCUT2D eigenvalue weighted by atomic mass is 32.2. The molecule has 0 spiro atoms. The maximum atomic E-state index is 5.36. The Labute approximate surface area is 109 Å². The SMILES string of the molecule is CCC(C)C(CSc1ccccc1OC)NC. The number of methoxy groups -OCH3 is 1. The minimum Gasteiger partial charge on any atom is -0.496 e. The summed E-state index contributed by atoms with van der Waals surface area (Å²) < 4.78 is 5.36. The van der Waals surface area contributed by atoms with Crippen molar-refractivity contribution in [3.05, 3.63) is 24.3 Å². The summed E-state index contributed by atoms with van der Waals surface area (Å²) in [6.45, 7) is 4.53. The van der Waals surface area contributed by atoms with Gasteiger partial charge in [-0.1, -0.05) is 32.4 Å². The van der Waals surface area contributed by atoms with Crippen molar-refractivity contribution in [2.24, 2.45) is 5.92 Å². The molecule has 1 rings (SSSR count).